The summed E-state index contributed by atoms with van der Waals surface area (Å²) in [5.74, 6) is 3.54. The third-order valence-corrected chi connectivity index (χ3v) is 4.63. The van der Waals surface area contributed by atoms with Crippen molar-refractivity contribution in [2.45, 2.75) is 25.7 Å². The van der Waals surface area contributed by atoms with Gasteiger partial charge in [0, 0.05) is 24.4 Å². The quantitative estimate of drug-likeness (QED) is 0.858. The fourth-order valence-corrected chi connectivity index (χ4v) is 3.12. The largest absolute Gasteiger partial charge is 0.355 e. The Bertz CT molecular complexity index is 662. The van der Waals surface area contributed by atoms with Crippen molar-refractivity contribution in [1.82, 2.24) is 20.5 Å². The minimum Gasteiger partial charge on any atom is -0.355 e. The van der Waals surface area contributed by atoms with Crippen molar-refractivity contribution in [3.05, 3.63) is 36.2 Å². The van der Waals surface area contributed by atoms with Gasteiger partial charge in [-0.3, -0.25) is 9.89 Å². The van der Waals surface area contributed by atoms with E-state index >= 15 is 0 Å². The molecule has 1 aromatic carbocycles. The fraction of sp³-hybridized carbons (Fsp3) is 0.471. The maximum absolute atomic E-state index is 12.0. The van der Waals surface area contributed by atoms with Crippen molar-refractivity contribution in [2.75, 3.05) is 6.54 Å². The molecule has 5 heteroatoms. The van der Waals surface area contributed by atoms with E-state index in [1.165, 1.54) is 12.8 Å². The molecule has 0 aliphatic heterocycles. The summed E-state index contributed by atoms with van der Waals surface area (Å²) in [7, 11) is 0. The Morgan fingerprint density at radius 1 is 1.27 bits per heavy atom. The van der Waals surface area contributed by atoms with Crippen molar-refractivity contribution in [3.63, 3.8) is 0 Å². The average molecular weight is 296 g/mol. The lowest BCUT2D eigenvalue weighted by Gasteiger charge is -2.02. The third kappa shape index (κ3) is 2.89. The van der Waals surface area contributed by atoms with E-state index in [0.29, 0.717) is 24.7 Å². The Labute approximate surface area is 129 Å². The van der Waals surface area contributed by atoms with Crippen molar-refractivity contribution in [3.8, 4) is 11.4 Å². The van der Waals surface area contributed by atoms with Gasteiger partial charge in [-0.1, -0.05) is 30.3 Å². The van der Waals surface area contributed by atoms with Gasteiger partial charge in [0.1, 0.15) is 5.82 Å². The first kappa shape index (κ1) is 13.5. The standard InChI is InChI=1S/C17H20N4O/c22-17(14-10-13(14)11-6-7-11)18-9-8-15-19-16(21-20-15)12-4-2-1-3-5-12/h1-5,11,13-14H,6-10H2,(H,18,22)(H,19,20,21). The second kappa shape index (κ2) is 5.55. The van der Waals surface area contributed by atoms with Crippen LogP contribution in [0.15, 0.2) is 30.3 Å². The van der Waals surface area contributed by atoms with Gasteiger partial charge in [-0.15, -0.1) is 0 Å². The Hall–Kier alpha value is -2.17. The smallest absolute Gasteiger partial charge is 0.223 e. The average Bonchev–Trinajstić information content (AvgIpc) is 3.44. The molecular weight excluding hydrogens is 276 g/mol. The lowest BCUT2D eigenvalue weighted by Crippen LogP contribution is -2.28. The molecule has 22 heavy (non-hydrogen) atoms. The van der Waals surface area contributed by atoms with Crippen LogP contribution in [0.5, 0.6) is 0 Å². The molecule has 2 fully saturated rings. The van der Waals surface area contributed by atoms with Crippen LogP contribution in [0.4, 0.5) is 0 Å². The number of carbonyl (C=O) groups is 1. The highest BCUT2D eigenvalue weighted by Gasteiger charge is 2.50. The van der Waals surface area contributed by atoms with E-state index in [0.717, 1.165) is 23.7 Å². The first-order valence-corrected chi connectivity index (χ1v) is 8.05. The number of H-pyrrole nitrogens is 1. The van der Waals surface area contributed by atoms with E-state index in [-0.39, 0.29) is 11.8 Å². The maximum Gasteiger partial charge on any atom is 0.223 e. The van der Waals surface area contributed by atoms with Gasteiger partial charge >= 0.3 is 0 Å². The van der Waals surface area contributed by atoms with Crippen LogP contribution < -0.4 is 5.32 Å². The van der Waals surface area contributed by atoms with Gasteiger partial charge in [-0.25, -0.2) is 4.98 Å². The molecule has 2 N–H and O–H groups in total. The summed E-state index contributed by atoms with van der Waals surface area (Å²) in [6, 6.07) is 9.88. The molecule has 2 aliphatic carbocycles. The summed E-state index contributed by atoms with van der Waals surface area (Å²) in [4.78, 5) is 16.5. The molecule has 0 bridgehead atoms. The van der Waals surface area contributed by atoms with Crippen molar-refractivity contribution in [2.24, 2.45) is 17.8 Å². The molecule has 1 amide bonds. The topological polar surface area (TPSA) is 70.7 Å². The highest BCUT2D eigenvalue weighted by molar-refractivity contribution is 5.81. The molecule has 1 heterocycles. The second-order valence-corrected chi connectivity index (χ2v) is 6.36. The van der Waals surface area contributed by atoms with Crippen molar-refractivity contribution < 1.29 is 4.79 Å². The van der Waals surface area contributed by atoms with Gasteiger partial charge in [-0.05, 0) is 31.1 Å². The number of nitrogens with zero attached hydrogens (tertiary/aromatic N) is 2. The summed E-state index contributed by atoms with van der Waals surface area (Å²) in [6.45, 7) is 0.621. The molecule has 0 spiro atoms. The van der Waals surface area contributed by atoms with E-state index in [2.05, 4.69) is 20.5 Å². The number of aromatic nitrogens is 3. The third-order valence-electron chi connectivity index (χ3n) is 4.63. The van der Waals surface area contributed by atoms with Crippen LogP contribution in [0.2, 0.25) is 0 Å². The monoisotopic (exact) mass is 296 g/mol. The molecule has 2 atom stereocenters. The molecule has 4 rings (SSSR count). The van der Waals surface area contributed by atoms with E-state index < -0.39 is 0 Å². The zero-order valence-electron chi connectivity index (χ0n) is 12.5. The molecule has 0 radical (unpaired) electrons. The first-order valence-electron chi connectivity index (χ1n) is 8.05. The van der Waals surface area contributed by atoms with Crippen molar-refractivity contribution in [1.29, 1.82) is 0 Å². The predicted octanol–water partition coefficient (Wildman–Crippen LogP) is 2.18. The molecule has 114 valence electrons. The number of nitrogens with one attached hydrogen (secondary N) is 2. The van der Waals surface area contributed by atoms with Gasteiger partial charge < -0.3 is 5.32 Å². The molecule has 2 unspecified atom stereocenters. The highest BCUT2D eigenvalue weighted by atomic mass is 16.2. The molecular formula is C17H20N4O. The summed E-state index contributed by atoms with van der Waals surface area (Å²) >= 11 is 0. The van der Waals surface area contributed by atoms with Crippen LogP contribution in [0, 0.1) is 17.8 Å². The number of amides is 1. The first-order chi connectivity index (χ1) is 10.8. The zero-order chi connectivity index (χ0) is 14.9. The summed E-state index contributed by atoms with van der Waals surface area (Å²) in [5, 5.41) is 10.2. The summed E-state index contributed by atoms with van der Waals surface area (Å²) in [5.41, 5.74) is 0.999. The Kier molecular flexibility index (Phi) is 3.41. The molecule has 1 aromatic heterocycles. The van der Waals surface area contributed by atoms with Crippen LogP contribution in [0.1, 0.15) is 25.1 Å². The molecule has 2 aliphatic rings. The van der Waals surface area contributed by atoms with Crippen LogP contribution in [-0.2, 0) is 11.2 Å². The Morgan fingerprint density at radius 3 is 2.86 bits per heavy atom. The zero-order valence-corrected chi connectivity index (χ0v) is 12.5. The van der Waals surface area contributed by atoms with Crippen molar-refractivity contribution >= 4 is 5.91 Å². The lowest BCUT2D eigenvalue weighted by molar-refractivity contribution is -0.122. The van der Waals surface area contributed by atoms with E-state index in [4.69, 9.17) is 0 Å². The van der Waals surface area contributed by atoms with Crippen LogP contribution in [0.3, 0.4) is 0 Å². The van der Waals surface area contributed by atoms with Gasteiger partial charge in [0.15, 0.2) is 5.82 Å². The molecule has 5 nitrogen and oxygen atoms in total. The van der Waals surface area contributed by atoms with Gasteiger partial charge in [-0.2, -0.15) is 5.10 Å². The molecule has 0 saturated heterocycles. The lowest BCUT2D eigenvalue weighted by atomic mass is 10.2. The Morgan fingerprint density at radius 2 is 2.09 bits per heavy atom. The molecule has 2 aromatic rings. The van der Waals surface area contributed by atoms with E-state index in [1.54, 1.807) is 0 Å². The predicted molar refractivity (Wildman–Crippen MR) is 82.9 cm³/mol. The van der Waals surface area contributed by atoms with Crippen LogP contribution in [0.25, 0.3) is 11.4 Å². The summed E-state index contributed by atoms with van der Waals surface area (Å²) < 4.78 is 0. The maximum atomic E-state index is 12.0. The number of hydrogen-bond acceptors (Lipinski definition) is 3. The minimum atomic E-state index is 0.222. The normalized spacial score (nSPS) is 23.3. The van der Waals surface area contributed by atoms with Crippen LogP contribution in [-0.4, -0.2) is 27.6 Å². The van der Waals surface area contributed by atoms with E-state index in [9.17, 15) is 4.79 Å². The number of hydrogen-bond donors (Lipinski definition) is 2. The SMILES string of the molecule is O=C(NCCc1nc(-c2ccccc2)n[nH]1)C1CC1C1CC1. The molecule has 2 saturated carbocycles. The fourth-order valence-electron chi connectivity index (χ4n) is 3.12. The van der Waals surface area contributed by atoms with Gasteiger partial charge in [0.2, 0.25) is 5.91 Å². The Balaban J connectivity index is 1.26. The number of rotatable bonds is 6. The van der Waals surface area contributed by atoms with Crippen LogP contribution >= 0.6 is 0 Å². The summed E-state index contributed by atoms with van der Waals surface area (Å²) in [6.07, 6.45) is 4.44. The number of aromatic amines is 1. The number of carbonyl (C=O) groups excluding carboxylic acids is 1. The second-order valence-electron chi connectivity index (χ2n) is 6.36. The highest BCUT2D eigenvalue weighted by Crippen LogP contribution is 2.54. The van der Waals surface area contributed by atoms with Gasteiger partial charge in [0.25, 0.3) is 0 Å². The van der Waals surface area contributed by atoms with Gasteiger partial charge in [0.05, 0.1) is 0 Å². The minimum absolute atomic E-state index is 0.222. The van der Waals surface area contributed by atoms with E-state index in [1.807, 2.05) is 30.3 Å². The number of benzene rings is 1.